The largest absolute Gasteiger partial charge is 1.00 e. The van der Waals surface area contributed by atoms with E-state index >= 15 is 0 Å². The molecule has 0 N–H and O–H groups in total. The molecule has 2 saturated heterocycles. The van der Waals surface area contributed by atoms with Gasteiger partial charge in [0, 0.05) is 11.8 Å². The van der Waals surface area contributed by atoms with Gasteiger partial charge in [0.25, 0.3) is 5.91 Å². The molecule has 1 amide bonds. The number of hydrogen-bond donors (Lipinski definition) is 0. The second-order valence-corrected chi connectivity index (χ2v) is 9.15. The van der Waals surface area contributed by atoms with Gasteiger partial charge in [0.2, 0.25) is 0 Å². The fourth-order valence-electron chi connectivity index (χ4n) is 3.23. The van der Waals surface area contributed by atoms with Crippen molar-refractivity contribution in [3.63, 3.8) is 0 Å². The first kappa shape index (κ1) is 20.8. The average Bonchev–Trinajstić information content (AvgIpc) is 2.66. The predicted molar refractivity (Wildman–Crippen MR) is 84.6 cm³/mol. The summed E-state index contributed by atoms with van der Waals surface area (Å²) in [6.45, 7) is 3.90. The van der Waals surface area contributed by atoms with Crippen LogP contribution in [0.15, 0.2) is 23.9 Å². The van der Waals surface area contributed by atoms with E-state index in [0.29, 0.717) is 5.56 Å². The van der Waals surface area contributed by atoms with E-state index in [4.69, 9.17) is 0 Å². The van der Waals surface area contributed by atoms with E-state index in [2.05, 4.69) is 4.98 Å². The normalized spacial score (nSPS) is 26.7. The van der Waals surface area contributed by atoms with Crippen LogP contribution in [0.4, 0.5) is 0 Å². The number of hydrogen-bond acceptors (Lipinski definition) is 7. The SMILES string of the molecule is CC(=O)c1ccnc(/C=C2/C(=O)N3[C@@H](C(=O)[O-])C(C)(C)S(=O)(=O)[C@@H]23)c1.[Na+]. The Morgan fingerprint density at radius 3 is 2.50 bits per heavy atom. The summed E-state index contributed by atoms with van der Waals surface area (Å²) in [7, 11) is -3.97. The van der Waals surface area contributed by atoms with Crippen molar-refractivity contribution in [2.45, 2.75) is 36.9 Å². The number of carboxylic acids is 1. The quantitative estimate of drug-likeness (QED) is 0.226. The van der Waals surface area contributed by atoms with Gasteiger partial charge >= 0.3 is 29.6 Å². The number of amides is 1. The molecule has 2 aliphatic heterocycles. The number of aromatic nitrogens is 1. The summed E-state index contributed by atoms with van der Waals surface area (Å²) < 4.78 is 23.8. The minimum absolute atomic E-state index is 0. The van der Waals surface area contributed by atoms with Gasteiger partial charge in [-0.25, -0.2) is 8.42 Å². The summed E-state index contributed by atoms with van der Waals surface area (Å²) in [5.74, 6) is -2.50. The number of carbonyl (C=O) groups is 3. The number of sulfone groups is 1. The molecule has 0 radical (unpaired) electrons. The molecular weight excluding hydrogens is 371 g/mol. The van der Waals surface area contributed by atoms with Crippen LogP contribution in [0.3, 0.4) is 0 Å². The van der Waals surface area contributed by atoms with Crippen molar-refractivity contribution in [3.05, 3.63) is 35.2 Å². The second kappa shape index (κ2) is 6.56. The molecule has 2 aliphatic rings. The number of carbonyl (C=O) groups excluding carboxylic acids is 3. The molecule has 0 aliphatic carbocycles. The van der Waals surface area contributed by atoms with Crippen LogP contribution in [-0.2, 0) is 19.4 Å². The Hall–Kier alpha value is -1.55. The smallest absolute Gasteiger partial charge is 0.548 e. The Bertz CT molecular complexity index is 953. The van der Waals surface area contributed by atoms with E-state index in [0.717, 1.165) is 4.90 Å². The second-order valence-electron chi connectivity index (χ2n) is 6.56. The van der Waals surface area contributed by atoms with E-state index in [1.807, 2.05) is 0 Å². The molecule has 3 heterocycles. The summed E-state index contributed by atoms with van der Waals surface area (Å²) in [4.78, 5) is 40.0. The van der Waals surface area contributed by atoms with E-state index < -0.39 is 37.9 Å². The van der Waals surface area contributed by atoms with Gasteiger partial charge in [0.15, 0.2) is 21.0 Å². The average molecular weight is 386 g/mol. The number of carboxylic acid groups (broad SMARTS) is 1. The number of nitrogens with zero attached hydrogens (tertiary/aromatic N) is 2. The summed E-state index contributed by atoms with van der Waals surface area (Å²) in [5.41, 5.74) is 0.554. The molecule has 8 nitrogen and oxygen atoms in total. The van der Waals surface area contributed by atoms with Gasteiger partial charge in [-0.3, -0.25) is 14.6 Å². The Morgan fingerprint density at radius 1 is 1.35 bits per heavy atom. The van der Waals surface area contributed by atoms with E-state index in [-0.39, 0.29) is 46.6 Å². The van der Waals surface area contributed by atoms with Gasteiger partial charge in [-0.2, -0.15) is 0 Å². The summed E-state index contributed by atoms with van der Waals surface area (Å²) >= 11 is 0. The number of rotatable bonds is 3. The van der Waals surface area contributed by atoms with Crippen LogP contribution in [0, 0.1) is 0 Å². The third-order valence-electron chi connectivity index (χ3n) is 4.68. The van der Waals surface area contributed by atoms with Crippen LogP contribution in [0.5, 0.6) is 0 Å². The first-order valence-electron chi connectivity index (χ1n) is 7.45. The first-order valence-corrected chi connectivity index (χ1v) is 9.00. The van der Waals surface area contributed by atoms with Crippen molar-refractivity contribution in [2.24, 2.45) is 0 Å². The topological polar surface area (TPSA) is 125 Å². The van der Waals surface area contributed by atoms with Gasteiger partial charge in [-0.05, 0) is 39.0 Å². The molecule has 1 aromatic heterocycles. The van der Waals surface area contributed by atoms with Crippen LogP contribution in [-0.4, -0.2) is 52.1 Å². The molecule has 1 aromatic rings. The minimum Gasteiger partial charge on any atom is -0.548 e. The molecule has 0 bridgehead atoms. The van der Waals surface area contributed by atoms with E-state index in [9.17, 15) is 27.9 Å². The fraction of sp³-hybridized carbons (Fsp3) is 0.375. The Labute approximate surface area is 172 Å². The maximum atomic E-state index is 12.7. The summed E-state index contributed by atoms with van der Waals surface area (Å²) in [6, 6.07) is 1.39. The molecule has 0 unspecified atom stereocenters. The van der Waals surface area contributed by atoms with Crippen molar-refractivity contribution in [3.8, 4) is 0 Å². The van der Waals surface area contributed by atoms with Crippen LogP contribution >= 0.6 is 0 Å². The van der Waals surface area contributed by atoms with Gasteiger partial charge < -0.3 is 14.8 Å². The molecule has 0 spiro atoms. The number of pyridine rings is 1. The fourth-order valence-corrected chi connectivity index (χ4v) is 5.34. The number of ketones is 1. The summed E-state index contributed by atoms with van der Waals surface area (Å²) in [6.07, 6.45) is 2.66. The number of Topliss-reactive ketones (excluding diaryl/α,β-unsaturated/α-hetero) is 1. The Morgan fingerprint density at radius 2 is 1.96 bits per heavy atom. The van der Waals surface area contributed by atoms with Crippen molar-refractivity contribution in [2.75, 3.05) is 0 Å². The monoisotopic (exact) mass is 386 g/mol. The molecule has 2 fully saturated rings. The van der Waals surface area contributed by atoms with Crippen molar-refractivity contribution in [1.29, 1.82) is 0 Å². The van der Waals surface area contributed by atoms with Crippen LogP contribution < -0.4 is 34.7 Å². The zero-order valence-electron chi connectivity index (χ0n) is 14.7. The molecule has 132 valence electrons. The Balaban J connectivity index is 0.00000243. The van der Waals surface area contributed by atoms with Crippen molar-refractivity contribution in [1.82, 2.24) is 9.88 Å². The number of aliphatic carboxylic acids is 1. The van der Waals surface area contributed by atoms with Gasteiger partial charge in [0.1, 0.15) is 0 Å². The third kappa shape index (κ3) is 2.74. The predicted octanol–water partition coefficient (Wildman–Crippen LogP) is -3.83. The Kier molecular flexibility index (Phi) is 5.24. The number of β-lactam (4-membered cyclic amide) rings is 1. The number of fused-ring (bicyclic) bond motifs is 1. The maximum absolute atomic E-state index is 12.7. The van der Waals surface area contributed by atoms with Crippen molar-refractivity contribution < 1.29 is 57.5 Å². The van der Waals surface area contributed by atoms with Crippen LogP contribution in [0.25, 0.3) is 6.08 Å². The zero-order chi connectivity index (χ0) is 18.7. The standard InChI is InChI=1S/C16H16N2O6S.Na/c1-8(19)9-4-5-17-10(6-9)7-11-13(20)18-12(15(21)22)16(2,3)25(23,24)14(11)18;/h4-7,12,14H,1-3H3,(H,21,22);/q;+1/p-1/b11-7-;/t12-,14-;/m0./s1. The van der Waals surface area contributed by atoms with E-state index in [1.165, 1.54) is 45.2 Å². The first-order chi connectivity index (χ1) is 11.5. The van der Waals surface area contributed by atoms with E-state index in [1.54, 1.807) is 0 Å². The van der Waals surface area contributed by atoms with Crippen LogP contribution in [0.2, 0.25) is 0 Å². The third-order valence-corrected chi connectivity index (χ3v) is 7.44. The molecular formula is C16H15N2NaO6S. The molecule has 0 aromatic carbocycles. The molecule has 3 rings (SSSR count). The zero-order valence-corrected chi connectivity index (χ0v) is 17.5. The van der Waals surface area contributed by atoms with Crippen molar-refractivity contribution >= 4 is 33.6 Å². The van der Waals surface area contributed by atoms with Gasteiger partial charge in [0.05, 0.1) is 28.0 Å². The molecule has 26 heavy (non-hydrogen) atoms. The van der Waals surface area contributed by atoms with Gasteiger partial charge in [-0.15, -0.1) is 0 Å². The summed E-state index contributed by atoms with van der Waals surface area (Å²) in [5, 5.41) is 10.0. The molecule has 0 saturated carbocycles. The maximum Gasteiger partial charge on any atom is 1.00 e. The molecule has 2 atom stereocenters. The molecule has 10 heteroatoms. The van der Waals surface area contributed by atoms with Crippen LogP contribution in [0.1, 0.15) is 36.8 Å². The van der Waals surface area contributed by atoms with Gasteiger partial charge in [-0.1, -0.05) is 0 Å². The minimum atomic E-state index is -3.97.